The Bertz CT molecular complexity index is 806. The number of thiazole rings is 1. The van der Waals surface area contributed by atoms with Crippen molar-refractivity contribution in [2.75, 3.05) is 5.32 Å². The van der Waals surface area contributed by atoms with Crippen molar-refractivity contribution < 1.29 is 9.53 Å². The van der Waals surface area contributed by atoms with Gasteiger partial charge in [0.2, 0.25) is 0 Å². The van der Waals surface area contributed by atoms with Crippen LogP contribution in [0.3, 0.4) is 0 Å². The van der Waals surface area contributed by atoms with Crippen molar-refractivity contribution in [2.45, 2.75) is 6.61 Å². The molecule has 0 unspecified atom stereocenters. The summed E-state index contributed by atoms with van der Waals surface area (Å²) in [5, 5.41) is 4.80. The quantitative estimate of drug-likeness (QED) is 0.686. The molecule has 0 aliphatic heterocycles. The number of carbonyl (C=O) groups is 1. The van der Waals surface area contributed by atoms with E-state index in [0.29, 0.717) is 17.9 Å². The average Bonchev–Trinajstić information content (AvgIpc) is 3.07. The second-order valence-corrected chi connectivity index (χ2v) is 6.40. The number of carbonyl (C=O) groups excluding carboxylic acids is 1. The van der Waals surface area contributed by atoms with Crippen molar-refractivity contribution in [1.82, 2.24) is 4.98 Å². The van der Waals surface area contributed by atoms with Gasteiger partial charge in [-0.2, -0.15) is 0 Å². The number of aromatic nitrogens is 1. The number of hydrogen-bond acceptors (Lipinski definition) is 4. The van der Waals surface area contributed by atoms with Crippen LogP contribution in [0.5, 0.6) is 5.75 Å². The molecule has 1 N–H and O–H groups in total. The Balaban J connectivity index is 1.67. The van der Waals surface area contributed by atoms with Crippen molar-refractivity contribution in [3.05, 3.63) is 75.2 Å². The zero-order chi connectivity index (χ0) is 16.1. The standard InChI is InChI=1S/C17H13BrN2O2S/c18-13-4-2-5-14(8-13)20-17(21)12-3-1-6-16(7-12)22-9-15-10-23-11-19-15/h1-8,10-11H,9H2,(H,20,21). The number of halogens is 1. The third-order valence-corrected chi connectivity index (χ3v) is 4.18. The first-order valence-electron chi connectivity index (χ1n) is 6.87. The maximum atomic E-state index is 12.3. The van der Waals surface area contributed by atoms with Crippen LogP contribution in [0, 0.1) is 0 Å². The normalized spacial score (nSPS) is 10.3. The minimum Gasteiger partial charge on any atom is -0.487 e. The van der Waals surface area contributed by atoms with Crippen LogP contribution in [0.25, 0.3) is 0 Å². The SMILES string of the molecule is O=C(Nc1cccc(Br)c1)c1cccc(OCc2cscn2)c1. The van der Waals surface area contributed by atoms with Gasteiger partial charge >= 0.3 is 0 Å². The molecule has 3 rings (SSSR count). The lowest BCUT2D eigenvalue weighted by atomic mass is 10.2. The van der Waals surface area contributed by atoms with Gasteiger partial charge in [0.25, 0.3) is 5.91 Å². The summed E-state index contributed by atoms with van der Waals surface area (Å²) < 4.78 is 6.58. The Kier molecular flexibility index (Phi) is 5.05. The Hall–Kier alpha value is -2.18. The van der Waals surface area contributed by atoms with Crippen LogP contribution >= 0.6 is 27.3 Å². The fraction of sp³-hybridized carbons (Fsp3) is 0.0588. The van der Waals surface area contributed by atoms with E-state index in [4.69, 9.17) is 4.74 Å². The molecular weight excluding hydrogens is 376 g/mol. The highest BCUT2D eigenvalue weighted by Gasteiger charge is 2.08. The van der Waals surface area contributed by atoms with Crippen LogP contribution < -0.4 is 10.1 Å². The molecule has 1 amide bonds. The lowest BCUT2D eigenvalue weighted by molar-refractivity contribution is 0.102. The highest BCUT2D eigenvalue weighted by atomic mass is 79.9. The van der Waals surface area contributed by atoms with E-state index < -0.39 is 0 Å². The van der Waals surface area contributed by atoms with Gasteiger partial charge in [-0.25, -0.2) is 4.98 Å². The molecule has 2 aromatic carbocycles. The summed E-state index contributed by atoms with van der Waals surface area (Å²) in [6.07, 6.45) is 0. The van der Waals surface area contributed by atoms with Gasteiger partial charge < -0.3 is 10.1 Å². The van der Waals surface area contributed by atoms with Crippen LogP contribution in [-0.2, 0) is 6.61 Å². The molecule has 3 aromatic rings. The molecule has 116 valence electrons. The predicted octanol–water partition coefficient (Wildman–Crippen LogP) is 4.74. The Morgan fingerprint density at radius 1 is 1.22 bits per heavy atom. The van der Waals surface area contributed by atoms with E-state index in [1.807, 2.05) is 35.7 Å². The number of rotatable bonds is 5. The fourth-order valence-electron chi connectivity index (χ4n) is 1.96. The van der Waals surface area contributed by atoms with Crippen LogP contribution in [0.2, 0.25) is 0 Å². The molecule has 0 atom stereocenters. The van der Waals surface area contributed by atoms with E-state index in [0.717, 1.165) is 15.9 Å². The fourth-order valence-corrected chi connectivity index (χ4v) is 2.91. The van der Waals surface area contributed by atoms with E-state index in [1.54, 1.807) is 23.7 Å². The highest BCUT2D eigenvalue weighted by molar-refractivity contribution is 9.10. The van der Waals surface area contributed by atoms with Crippen molar-refractivity contribution in [3.8, 4) is 5.75 Å². The van der Waals surface area contributed by atoms with Gasteiger partial charge in [0.05, 0.1) is 11.2 Å². The van der Waals surface area contributed by atoms with Gasteiger partial charge in [0, 0.05) is 21.1 Å². The summed E-state index contributed by atoms with van der Waals surface area (Å²) in [7, 11) is 0. The maximum absolute atomic E-state index is 12.3. The lowest BCUT2D eigenvalue weighted by Gasteiger charge is -2.08. The first-order valence-corrected chi connectivity index (χ1v) is 8.61. The monoisotopic (exact) mass is 388 g/mol. The van der Waals surface area contributed by atoms with Crippen LogP contribution in [0.15, 0.2) is 63.9 Å². The van der Waals surface area contributed by atoms with Crippen molar-refractivity contribution in [3.63, 3.8) is 0 Å². The van der Waals surface area contributed by atoms with Gasteiger partial charge in [0.15, 0.2) is 0 Å². The second-order valence-electron chi connectivity index (χ2n) is 4.76. The number of nitrogens with one attached hydrogen (secondary N) is 1. The van der Waals surface area contributed by atoms with Crippen LogP contribution in [-0.4, -0.2) is 10.9 Å². The molecule has 1 aromatic heterocycles. The van der Waals surface area contributed by atoms with Gasteiger partial charge in [-0.05, 0) is 36.4 Å². The van der Waals surface area contributed by atoms with Gasteiger partial charge in [-0.15, -0.1) is 11.3 Å². The number of benzene rings is 2. The van der Waals surface area contributed by atoms with E-state index in [-0.39, 0.29) is 5.91 Å². The van der Waals surface area contributed by atoms with E-state index >= 15 is 0 Å². The highest BCUT2D eigenvalue weighted by Crippen LogP contribution is 2.19. The molecular formula is C17H13BrN2O2S. The Morgan fingerprint density at radius 3 is 2.87 bits per heavy atom. The van der Waals surface area contributed by atoms with Crippen molar-refractivity contribution in [2.24, 2.45) is 0 Å². The van der Waals surface area contributed by atoms with E-state index in [1.165, 1.54) is 11.3 Å². The molecule has 0 fully saturated rings. The van der Waals surface area contributed by atoms with E-state index in [9.17, 15) is 4.79 Å². The van der Waals surface area contributed by atoms with Crippen LogP contribution in [0.4, 0.5) is 5.69 Å². The topological polar surface area (TPSA) is 51.2 Å². The molecule has 0 bridgehead atoms. The molecule has 0 aliphatic rings. The first-order chi connectivity index (χ1) is 11.2. The Morgan fingerprint density at radius 2 is 2.09 bits per heavy atom. The zero-order valence-electron chi connectivity index (χ0n) is 12.0. The summed E-state index contributed by atoms with van der Waals surface area (Å²) in [5.74, 6) is 0.460. The molecule has 4 nitrogen and oxygen atoms in total. The third-order valence-electron chi connectivity index (χ3n) is 3.05. The largest absolute Gasteiger partial charge is 0.487 e. The third kappa shape index (κ3) is 4.40. The summed E-state index contributed by atoms with van der Waals surface area (Å²) in [6, 6.07) is 14.6. The zero-order valence-corrected chi connectivity index (χ0v) is 14.4. The molecule has 0 saturated heterocycles. The molecule has 1 heterocycles. The summed E-state index contributed by atoms with van der Waals surface area (Å²) in [5.41, 5.74) is 3.92. The lowest BCUT2D eigenvalue weighted by Crippen LogP contribution is -2.11. The minimum atomic E-state index is -0.179. The van der Waals surface area contributed by atoms with Gasteiger partial charge in [-0.3, -0.25) is 4.79 Å². The van der Waals surface area contributed by atoms with E-state index in [2.05, 4.69) is 26.2 Å². The summed E-state index contributed by atoms with van der Waals surface area (Å²) in [6.45, 7) is 0.389. The average molecular weight is 389 g/mol. The molecule has 6 heteroatoms. The maximum Gasteiger partial charge on any atom is 0.255 e. The minimum absolute atomic E-state index is 0.179. The molecule has 0 aliphatic carbocycles. The predicted molar refractivity (Wildman–Crippen MR) is 95.0 cm³/mol. The molecule has 0 radical (unpaired) electrons. The number of amides is 1. The number of ether oxygens (including phenoxy) is 1. The molecule has 23 heavy (non-hydrogen) atoms. The number of anilines is 1. The summed E-state index contributed by atoms with van der Waals surface area (Å²) in [4.78, 5) is 16.5. The molecule has 0 saturated carbocycles. The number of hydrogen-bond donors (Lipinski definition) is 1. The molecule has 0 spiro atoms. The first kappa shape index (κ1) is 15.7. The van der Waals surface area contributed by atoms with Gasteiger partial charge in [0.1, 0.15) is 12.4 Å². The Labute approximate surface area is 146 Å². The van der Waals surface area contributed by atoms with Crippen molar-refractivity contribution >= 4 is 38.9 Å². The van der Waals surface area contributed by atoms with Crippen LogP contribution in [0.1, 0.15) is 16.1 Å². The second kappa shape index (κ2) is 7.39. The number of nitrogens with zero attached hydrogens (tertiary/aromatic N) is 1. The summed E-state index contributed by atoms with van der Waals surface area (Å²) >= 11 is 4.91. The smallest absolute Gasteiger partial charge is 0.255 e. The van der Waals surface area contributed by atoms with Crippen molar-refractivity contribution in [1.29, 1.82) is 0 Å². The van der Waals surface area contributed by atoms with Gasteiger partial charge in [-0.1, -0.05) is 28.1 Å².